The predicted octanol–water partition coefficient (Wildman–Crippen LogP) is 1.38. The molecule has 4 fully saturated rings. The van der Waals surface area contributed by atoms with Gasteiger partial charge in [-0.2, -0.15) is 5.26 Å². The largest absolute Gasteiger partial charge is 0.496 e. The van der Waals surface area contributed by atoms with Gasteiger partial charge in [-0.05, 0) is 49.3 Å². The van der Waals surface area contributed by atoms with Gasteiger partial charge in [0.05, 0.1) is 25.0 Å². The first-order valence-electron chi connectivity index (χ1n) is 12.4. The lowest BCUT2D eigenvalue weighted by molar-refractivity contribution is -0.129. The Hall–Kier alpha value is -3.87. The van der Waals surface area contributed by atoms with Crippen LogP contribution in [0.5, 0.6) is 5.75 Å². The van der Waals surface area contributed by atoms with E-state index >= 15 is 0 Å². The second kappa shape index (κ2) is 8.08. The van der Waals surface area contributed by atoms with Gasteiger partial charge >= 0.3 is 0 Å². The summed E-state index contributed by atoms with van der Waals surface area (Å²) in [5.74, 6) is -2.06. The highest BCUT2D eigenvalue weighted by Gasteiger charge is 2.67. The number of amides is 4. The summed E-state index contributed by atoms with van der Waals surface area (Å²) in [6, 6.07) is 8.61. The third-order valence-electron chi connectivity index (χ3n) is 8.48. The lowest BCUT2D eigenvalue weighted by Crippen LogP contribution is -2.59. The van der Waals surface area contributed by atoms with Crippen LogP contribution in [0, 0.1) is 40.9 Å². The molecule has 3 aliphatic carbocycles. The van der Waals surface area contributed by atoms with Gasteiger partial charge in [-0.25, -0.2) is 0 Å². The average molecular weight is 490 g/mol. The molecule has 10 nitrogen and oxygen atoms in total. The first-order chi connectivity index (χ1) is 17.3. The van der Waals surface area contributed by atoms with E-state index in [2.05, 4.69) is 27.0 Å². The molecule has 1 unspecified atom stereocenters. The van der Waals surface area contributed by atoms with Crippen LogP contribution in [0.3, 0.4) is 0 Å². The van der Waals surface area contributed by atoms with Crippen molar-refractivity contribution in [2.75, 3.05) is 7.11 Å². The molecule has 0 radical (unpaired) electrons. The number of ether oxygens (including phenoxy) is 1. The molecular formula is C26H27N5O5. The van der Waals surface area contributed by atoms with Gasteiger partial charge < -0.3 is 20.4 Å². The normalized spacial score (nSPS) is 31.0. The van der Waals surface area contributed by atoms with Crippen LogP contribution in [-0.2, 0) is 14.4 Å². The highest BCUT2D eigenvalue weighted by molar-refractivity contribution is 6.06. The monoisotopic (exact) mass is 489 g/mol. The van der Waals surface area contributed by atoms with Crippen molar-refractivity contribution in [3.63, 3.8) is 0 Å². The Kier molecular flexibility index (Phi) is 5.07. The van der Waals surface area contributed by atoms with Crippen molar-refractivity contribution in [3.8, 4) is 11.8 Å². The summed E-state index contributed by atoms with van der Waals surface area (Å²) in [6.07, 6.45) is 3.33. The van der Waals surface area contributed by atoms with Crippen LogP contribution in [0.15, 0.2) is 24.3 Å². The van der Waals surface area contributed by atoms with Crippen molar-refractivity contribution in [2.24, 2.45) is 29.6 Å². The number of carbonyl (C=O) groups excluding carboxylic acids is 4. The fourth-order valence-electron chi connectivity index (χ4n) is 6.65. The molecule has 36 heavy (non-hydrogen) atoms. The molecule has 4 aliphatic rings. The molecule has 2 bridgehead atoms. The molecule has 1 aromatic carbocycles. The van der Waals surface area contributed by atoms with Crippen molar-refractivity contribution < 1.29 is 23.9 Å². The minimum absolute atomic E-state index is 0.121. The van der Waals surface area contributed by atoms with E-state index in [9.17, 15) is 24.4 Å². The van der Waals surface area contributed by atoms with Gasteiger partial charge in [0.2, 0.25) is 17.7 Å². The number of benzene rings is 1. The van der Waals surface area contributed by atoms with Crippen molar-refractivity contribution in [1.29, 1.82) is 5.26 Å². The maximum atomic E-state index is 13.5. The molecule has 1 saturated heterocycles. The third kappa shape index (κ3) is 3.45. The zero-order chi connectivity index (χ0) is 25.2. The molecular weight excluding hydrogens is 462 g/mol. The summed E-state index contributed by atoms with van der Waals surface area (Å²) in [6.45, 7) is 0. The topological polar surface area (TPSA) is 153 Å². The number of carbonyl (C=O) groups is 4. The molecule has 0 spiro atoms. The second-order valence-corrected chi connectivity index (χ2v) is 10.6. The van der Waals surface area contributed by atoms with E-state index in [-0.39, 0.29) is 17.7 Å². The predicted molar refractivity (Wildman–Crippen MR) is 126 cm³/mol. The number of nitrogens with one attached hydrogen (secondary N) is 4. The van der Waals surface area contributed by atoms with Gasteiger partial charge in [-0.3, -0.25) is 24.5 Å². The van der Waals surface area contributed by atoms with Crippen LogP contribution >= 0.6 is 0 Å². The number of hydrogen-bond donors (Lipinski definition) is 4. The molecule has 4 amide bonds. The lowest BCUT2D eigenvalue weighted by Gasteiger charge is -2.37. The molecule has 186 valence electrons. The summed E-state index contributed by atoms with van der Waals surface area (Å²) in [4.78, 5) is 54.4. The van der Waals surface area contributed by atoms with E-state index in [4.69, 9.17) is 4.74 Å². The fourth-order valence-corrected chi connectivity index (χ4v) is 6.65. The van der Waals surface area contributed by atoms with E-state index in [1.54, 1.807) is 19.2 Å². The number of H-pyrrole nitrogens is 1. The van der Waals surface area contributed by atoms with E-state index in [1.165, 1.54) is 0 Å². The minimum Gasteiger partial charge on any atom is -0.496 e. The number of nitriles is 1. The van der Waals surface area contributed by atoms with Crippen molar-refractivity contribution in [2.45, 2.75) is 43.7 Å². The third-order valence-corrected chi connectivity index (χ3v) is 8.48. The van der Waals surface area contributed by atoms with Crippen molar-refractivity contribution >= 4 is 34.5 Å². The minimum atomic E-state index is -1.23. The zero-order valence-corrected chi connectivity index (χ0v) is 19.8. The first-order valence-corrected chi connectivity index (χ1v) is 12.4. The molecule has 6 rings (SSSR count). The summed E-state index contributed by atoms with van der Waals surface area (Å²) < 4.78 is 5.37. The fraction of sp³-hybridized carbons (Fsp3) is 0.500. The van der Waals surface area contributed by atoms with E-state index in [0.717, 1.165) is 23.7 Å². The van der Waals surface area contributed by atoms with E-state index in [1.807, 2.05) is 12.1 Å². The average Bonchev–Trinajstić information content (AvgIpc) is 3.19. The molecule has 2 aromatic rings. The maximum Gasteiger partial charge on any atom is 0.268 e. The number of aromatic amines is 1. The van der Waals surface area contributed by atoms with E-state index in [0.29, 0.717) is 36.6 Å². The molecule has 1 aliphatic heterocycles. The number of rotatable bonds is 7. The van der Waals surface area contributed by atoms with Gasteiger partial charge in [-0.15, -0.1) is 0 Å². The highest BCUT2D eigenvalue weighted by atomic mass is 16.5. The van der Waals surface area contributed by atoms with Crippen LogP contribution in [0.4, 0.5) is 0 Å². The van der Waals surface area contributed by atoms with Gasteiger partial charge in [0, 0.05) is 16.8 Å². The molecule has 4 N–H and O–H groups in total. The SMILES string of the molecule is COc1cccc2[nH]c(C(=O)N[C@@H](CC3CC3)C(=O)N[C@@]3(C#N)C[C@@H]4C[C@H]3[C@H]3C(=O)NC(=O)C43)cc12. The van der Waals surface area contributed by atoms with Gasteiger partial charge in [-0.1, -0.05) is 18.9 Å². The molecule has 10 heteroatoms. The smallest absolute Gasteiger partial charge is 0.268 e. The quantitative estimate of drug-likeness (QED) is 0.431. The Balaban J connectivity index is 1.22. The van der Waals surface area contributed by atoms with Crippen LogP contribution in [0.25, 0.3) is 10.9 Å². The molecule has 6 atom stereocenters. The number of nitrogens with zero attached hydrogens (tertiary/aromatic N) is 1. The Morgan fingerprint density at radius 1 is 1.25 bits per heavy atom. The van der Waals surface area contributed by atoms with Crippen molar-refractivity contribution in [3.05, 3.63) is 30.0 Å². The van der Waals surface area contributed by atoms with Gasteiger partial charge in [0.1, 0.15) is 23.0 Å². The Morgan fingerprint density at radius 3 is 2.75 bits per heavy atom. The van der Waals surface area contributed by atoms with Crippen molar-refractivity contribution in [1.82, 2.24) is 20.9 Å². The summed E-state index contributed by atoms with van der Waals surface area (Å²) in [7, 11) is 1.56. The van der Waals surface area contributed by atoms with Gasteiger partial charge in [0.25, 0.3) is 5.91 Å². The number of fused-ring (bicyclic) bond motifs is 6. The summed E-state index contributed by atoms with van der Waals surface area (Å²) in [5.41, 5.74) is -0.180. The number of hydrogen-bond acceptors (Lipinski definition) is 6. The van der Waals surface area contributed by atoms with Crippen LogP contribution in [0.1, 0.15) is 42.6 Å². The number of methoxy groups -OCH3 is 1. The summed E-state index contributed by atoms with van der Waals surface area (Å²) >= 11 is 0. The molecule has 3 saturated carbocycles. The standard InChI is InChI=1S/C26H27N5O5/c1-36-19-4-2-3-16-14(19)9-18(28-16)22(32)29-17(7-12-5-6-12)23(33)31-26(11-27)10-13-8-15(26)21-20(13)24(34)30-25(21)35/h2-4,9,12-13,15,17,20-21,28H,5-8,10H2,1H3,(H,29,32)(H,31,33)(H,30,34,35)/t13-,15-,17-,20?,21+,26+/m0/s1. The molecule has 1 aromatic heterocycles. The number of imide groups is 1. The highest BCUT2D eigenvalue weighted by Crippen LogP contribution is 2.58. The lowest BCUT2D eigenvalue weighted by atomic mass is 9.71. The van der Waals surface area contributed by atoms with Crippen LogP contribution in [0.2, 0.25) is 0 Å². The zero-order valence-electron chi connectivity index (χ0n) is 19.8. The Bertz CT molecular complexity index is 1340. The number of aromatic nitrogens is 1. The van der Waals surface area contributed by atoms with Crippen LogP contribution in [-0.4, -0.2) is 47.3 Å². The Morgan fingerprint density at radius 2 is 2.03 bits per heavy atom. The second-order valence-electron chi connectivity index (χ2n) is 10.6. The summed E-state index contributed by atoms with van der Waals surface area (Å²) in [5, 5.41) is 19.1. The van der Waals surface area contributed by atoms with E-state index < -0.39 is 41.1 Å². The Labute approximate surface area is 207 Å². The first kappa shape index (κ1) is 22.6. The van der Waals surface area contributed by atoms with Gasteiger partial charge in [0.15, 0.2) is 0 Å². The maximum absolute atomic E-state index is 13.5. The van der Waals surface area contributed by atoms with Crippen LogP contribution < -0.4 is 20.7 Å². The molecule has 2 heterocycles.